The fourth-order valence-corrected chi connectivity index (χ4v) is 4.58. The van der Waals surface area contributed by atoms with E-state index < -0.39 is 11.1 Å². The Morgan fingerprint density at radius 3 is 2.52 bits per heavy atom. The highest BCUT2D eigenvalue weighted by atomic mass is 16.2. The fraction of sp³-hybridized carbons (Fsp3) is 0.600. The van der Waals surface area contributed by atoms with E-state index in [4.69, 9.17) is 0 Å². The van der Waals surface area contributed by atoms with Gasteiger partial charge in [-0.3, -0.25) is 19.1 Å². The normalized spacial score (nSPS) is 21.5. The van der Waals surface area contributed by atoms with Crippen LogP contribution >= 0.6 is 0 Å². The third-order valence-electron chi connectivity index (χ3n) is 6.45. The van der Waals surface area contributed by atoms with Crippen LogP contribution in [0.2, 0.25) is 0 Å². The minimum atomic E-state index is -0.529. The first-order valence-corrected chi connectivity index (χ1v) is 9.94. The van der Waals surface area contributed by atoms with Gasteiger partial charge in [0.1, 0.15) is 5.82 Å². The average molecular weight is 367 g/mol. The SMILES string of the molecule is O=c1c(=O)n2c(nn1Cc1ccncc1)CC1(CCN(CC3CC3)CC1)C2. The molecule has 0 bridgehead atoms. The van der Waals surface area contributed by atoms with E-state index in [0.717, 1.165) is 49.7 Å². The molecule has 3 aliphatic rings. The Morgan fingerprint density at radius 2 is 1.81 bits per heavy atom. The topological polar surface area (TPSA) is 73.0 Å². The Labute approximate surface area is 157 Å². The Balaban J connectivity index is 1.36. The summed E-state index contributed by atoms with van der Waals surface area (Å²) in [6.45, 7) is 4.39. The van der Waals surface area contributed by atoms with Gasteiger partial charge in [0.05, 0.1) is 6.54 Å². The number of hydrogen-bond donors (Lipinski definition) is 0. The molecule has 1 saturated heterocycles. The predicted octanol–water partition coefficient (Wildman–Crippen LogP) is 0.897. The highest BCUT2D eigenvalue weighted by Crippen LogP contribution is 2.41. The second kappa shape index (κ2) is 6.41. The molecule has 0 aromatic carbocycles. The molecule has 0 atom stereocenters. The second-order valence-electron chi connectivity index (χ2n) is 8.55. The number of piperidine rings is 1. The van der Waals surface area contributed by atoms with Crippen LogP contribution in [-0.2, 0) is 19.5 Å². The summed E-state index contributed by atoms with van der Waals surface area (Å²) >= 11 is 0. The first-order chi connectivity index (χ1) is 13.1. The van der Waals surface area contributed by atoms with Gasteiger partial charge in [-0.1, -0.05) is 0 Å². The van der Waals surface area contributed by atoms with Crippen molar-refractivity contribution in [2.24, 2.45) is 11.3 Å². The molecule has 2 aromatic rings. The van der Waals surface area contributed by atoms with Crippen LogP contribution in [0.3, 0.4) is 0 Å². The van der Waals surface area contributed by atoms with Crippen LogP contribution in [-0.4, -0.2) is 43.9 Å². The van der Waals surface area contributed by atoms with Crippen molar-refractivity contribution >= 4 is 0 Å². The lowest BCUT2D eigenvalue weighted by Crippen LogP contribution is -2.44. The third kappa shape index (κ3) is 3.25. The van der Waals surface area contributed by atoms with Crippen LogP contribution in [0, 0.1) is 11.3 Å². The smallest absolute Gasteiger partial charge is 0.303 e. The first-order valence-electron chi connectivity index (χ1n) is 9.94. The van der Waals surface area contributed by atoms with Gasteiger partial charge in [0.2, 0.25) is 0 Å². The van der Waals surface area contributed by atoms with E-state index in [1.54, 1.807) is 17.0 Å². The molecule has 0 unspecified atom stereocenters. The molecule has 1 spiro atoms. The van der Waals surface area contributed by atoms with E-state index in [1.165, 1.54) is 24.1 Å². The number of aromatic nitrogens is 4. The quantitative estimate of drug-likeness (QED) is 0.751. The van der Waals surface area contributed by atoms with Gasteiger partial charge in [-0.25, -0.2) is 4.68 Å². The van der Waals surface area contributed by atoms with Crippen molar-refractivity contribution < 1.29 is 0 Å². The maximum absolute atomic E-state index is 12.7. The van der Waals surface area contributed by atoms with E-state index in [2.05, 4.69) is 15.0 Å². The van der Waals surface area contributed by atoms with Gasteiger partial charge in [-0.15, -0.1) is 0 Å². The zero-order valence-electron chi connectivity index (χ0n) is 15.5. The largest absolute Gasteiger partial charge is 0.332 e. The second-order valence-corrected chi connectivity index (χ2v) is 8.55. The van der Waals surface area contributed by atoms with Crippen LogP contribution in [0.5, 0.6) is 0 Å². The van der Waals surface area contributed by atoms with Gasteiger partial charge in [0.25, 0.3) is 0 Å². The number of hydrogen-bond acceptors (Lipinski definition) is 5. The van der Waals surface area contributed by atoms with Gasteiger partial charge >= 0.3 is 11.1 Å². The van der Waals surface area contributed by atoms with E-state index in [-0.39, 0.29) is 5.41 Å². The van der Waals surface area contributed by atoms with Crippen molar-refractivity contribution in [3.05, 3.63) is 56.6 Å². The summed E-state index contributed by atoms with van der Waals surface area (Å²) in [6.07, 6.45) is 9.11. The molecule has 5 rings (SSSR count). The Bertz CT molecular complexity index is 953. The molecule has 7 nitrogen and oxygen atoms in total. The first kappa shape index (κ1) is 16.9. The van der Waals surface area contributed by atoms with Crippen molar-refractivity contribution in [2.45, 2.75) is 45.2 Å². The van der Waals surface area contributed by atoms with Crippen molar-refractivity contribution in [3.8, 4) is 0 Å². The number of likely N-dealkylation sites (tertiary alicyclic amines) is 1. The minimum absolute atomic E-state index is 0.0987. The van der Waals surface area contributed by atoms with Crippen LogP contribution < -0.4 is 11.1 Å². The average Bonchev–Trinajstić information content (AvgIpc) is 3.43. The number of nitrogens with zero attached hydrogens (tertiary/aromatic N) is 5. The van der Waals surface area contributed by atoms with Crippen LogP contribution in [0.25, 0.3) is 0 Å². The maximum atomic E-state index is 12.7. The molecule has 142 valence electrons. The number of fused-ring (bicyclic) bond motifs is 1. The molecular formula is C20H25N5O2. The highest BCUT2D eigenvalue weighted by molar-refractivity contribution is 5.11. The van der Waals surface area contributed by atoms with Crippen molar-refractivity contribution in [1.82, 2.24) is 24.2 Å². The van der Waals surface area contributed by atoms with E-state index >= 15 is 0 Å². The summed E-state index contributed by atoms with van der Waals surface area (Å²) in [4.78, 5) is 31.8. The summed E-state index contributed by atoms with van der Waals surface area (Å²) in [7, 11) is 0. The summed E-state index contributed by atoms with van der Waals surface area (Å²) < 4.78 is 2.96. The molecule has 0 N–H and O–H groups in total. The maximum Gasteiger partial charge on any atom is 0.332 e. The van der Waals surface area contributed by atoms with Crippen LogP contribution in [0.1, 0.15) is 37.1 Å². The van der Waals surface area contributed by atoms with E-state index in [0.29, 0.717) is 13.1 Å². The lowest BCUT2D eigenvalue weighted by atomic mass is 9.77. The lowest BCUT2D eigenvalue weighted by Gasteiger charge is -2.38. The number of rotatable bonds is 4. The Morgan fingerprint density at radius 1 is 1.07 bits per heavy atom. The van der Waals surface area contributed by atoms with Crippen molar-refractivity contribution in [2.75, 3.05) is 19.6 Å². The molecule has 4 heterocycles. The van der Waals surface area contributed by atoms with Crippen molar-refractivity contribution in [1.29, 1.82) is 0 Å². The molecule has 27 heavy (non-hydrogen) atoms. The standard InChI is InChI=1S/C20H25N5O2/c26-18-19(27)25(13-16-3-7-21-8-4-16)22-17-11-20(14-24(17)18)5-9-23(10-6-20)12-15-1-2-15/h3-4,7-8,15H,1-2,5-6,9-14H2. The molecule has 2 aliphatic heterocycles. The molecule has 7 heteroatoms. The van der Waals surface area contributed by atoms with Crippen LogP contribution in [0.4, 0.5) is 0 Å². The van der Waals surface area contributed by atoms with Crippen LogP contribution in [0.15, 0.2) is 34.1 Å². The molecule has 2 fully saturated rings. The van der Waals surface area contributed by atoms with Gasteiger partial charge < -0.3 is 4.90 Å². The molecule has 2 aromatic heterocycles. The summed E-state index contributed by atoms with van der Waals surface area (Å²) in [5.74, 6) is 1.68. The highest BCUT2D eigenvalue weighted by Gasteiger charge is 2.42. The molecular weight excluding hydrogens is 342 g/mol. The zero-order valence-corrected chi connectivity index (χ0v) is 15.5. The zero-order chi connectivity index (χ0) is 18.4. The van der Waals surface area contributed by atoms with Crippen molar-refractivity contribution in [3.63, 3.8) is 0 Å². The monoisotopic (exact) mass is 367 g/mol. The fourth-order valence-electron chi connectivity index (χ4n) is 4.58. The van der Waals surface area contributed by atoms with E-state index in [1.807, 2.05) is 12.1 Å². The van der Waals surface area contributed by atoms with Gasteiger partial charge in [0, 0.05) is 31.9 Å². The molecule has 0 amide bonds. The molecule has 0 radical (unpaired) electrons. The van der Waals surface area contributed by atoms with Gasteiger partial charge in [-0.2, -0.15) is 5.10 Å². The van der Waals surface area contributed by atoms with Gasteiger partial charge in [0.15, 0.2) is 0 Å². The predicted molar refractivity (Wildman–Crippen MR) is 101 cm³/mol. The third-order valence-corrected chi connectivity index (χ3v) is 6.45. The van der Waals surface area contributed by atoms with Gasteiger partial charge in [-0.05, 0) is 67.8 Å². The summed E-state index contributed by atoms with van der Waals surface area (Å²) in [5, 5.41) is 4.57. The summed E-state index contributed by atoms with van der Waals surface area (Å²) in [6, 6.07) is 3.69. The minimum Gasteiger partial charge on any atom is -0.303 e. The Hall–Kier alpha value is -2.28. The number of pyridine rings is 1. The summed E-state index contributed by atoms with van der Waals surface area (Å²) in [5.41, 5.74) is 0.0665. The Kier molecular flexibility index (Phi) is 4.00. The lowest BCUT2D eigenvalue weighted by molar-refractivity contribution is 0.0994. The molecule has 1 aliphatic carbocycles. The molecule has 1 saturated carbocycles. The van der Waals surface area contributed by atoms with E-state index in [9.17, 15) is 9.59 Å².